The van der Waals surface area contributed by atoms with E-state index in [0.29, 0.717) is 24.1 Å². The van der Waals surface area contributed by atoms with Crippen LogP contribution in [0.1, 0.15) is 10.4 Å². The van der Waals surface area contributed by atoms with Crippen molar-refractivity contribution in [3.63, 3.8) is 0 Å². The number of hydrogen-bond acceptors (Lipinski definition) is 7. The highest BCUT2D eigenvalue weighted by Crippen LogP contribution is 2.31. The largest absolute Gasteiger partial charge is 0.455 e. The van der Waals surface area contributed by atoms with E-state index in [1.54, 1.807) is 29.5 Å². The molecule has 0 atom stereocenters. The molecule has 2 aromatic heterocycles. The van der Waals surface area contributed by atoms with E-state index in [0.717, 1.165) is 15.3 Å². The summed E-state index contributed by atoms with van der Waals surface area (Å²) in [5, 5.41) is 1.60. The predicted octanol–water partition coefficient (Wildman–Crippen LogP) is 3.45. The lowest BCUT2D eigenvalue weighted by atomic mass is 10.1. The van der Waals surface area contributed by atoms with Crippen LogP contribution in [0.25, 0.3) is 21.2 Å². The van der Waals surface area contributed by atoms with Crippen LogP contribution >= 0.6 is 11.3 Å². The molecular formula is C20H14N2O4S. The van der Waals surface area contributed by atoms with Crippen LogP contribution in [0.15, 0.2) is 63.8 Å². The van der Waals surface area contributed by atoms with Crippen LogP contribution in [0.4, 0.5) is 5.13 Å². The molecule has 6 nitrogen and oxygen atoms in total. The molecule has 3 heterocycles. The summed E-state index contributed by atoms with van der Waals surface area (Å²) in [6, 6.07) is 16.5. The number of fused-ring (bicyclic) bond motifs is 2. The average Bonchev–Trinajstić information content (AvgIpc) is 3.07. The molecule has 2 aromatic carbocycles. The summed E-state index contributed by atoms with van der Waals surface area (Å²) in [5.74, 6) is -0.650. The number of rotatable bonds is 3. The maximum absolute atomic E-state index is 12.4. The van der Waals surface area contributed by atoms with Gasteiger partial charge in [0.25, 0.3) is 0 Å². The first-order valence-electron chi connectivity index (χ1n) is 8.52. The standard InChI is InChI=1S/C20H14N2O4S/c23-18(14-9-12-5-1-3-7-16(12)26-19(14)24)25-13-10-22(11-13)20-21-15-6-2-4-8-17(15)27-20/h1-9,13H,10-11H2. The van der Waals surface area contributed by atoms with Gasteiger partial charge in [-0.1, -0.05) is 41.7 Å². The van der Waals surface area contributed by atoms with Crippen molar-refractivity contribution in [2.24, 2.45) is 0 Å². The van der Waals surface area contributed by atoms with Crippen LogP contribution in [0.2, 0.25) is 0 Å². The van der Waals surface area contributed by atoms with E-state index < -0.39 is 11.6 Å². The molecule has 4 aromatic rings. The molecule has 0 aliphatic carbocycles. The second-order valence-corrected chi connectivity index (χ2v) is 7.39. The summed E-state index contributed by atoms with van der Waals surface area (Å²) < 4.78 is 11.8. The van der Waals surface area contributed by atoms with Gasteiger partial charge in [-0.3, -0.25) is 0 Å². The molecule has 1 aliphatic heterocycles. The maximum atomic E-state index is 12.4. The molecule has 134 valence electrons. The molecule has 1 aliphatic rings. The Morgan fingerprint density at radius 3 is 2.78 bits per heavy atom. The number of ether oxygens (including phenoxy) is 1. The fraction of sp³-hybridized carbons (Fsp3) is 0.150. The first-order valence-corrected chi connectivity index (χ1v) is 9.33. The Kier molecular flexibility index (Phi) is 3.68. The van der Waals surface area contributed by atoms with Crippen molar-refractivity contribution in [1.82, 2.24) is 4.98 Å². The Balaban J connectivity index is 1.29. The number of esters is 1. The van der Waals surface area contributed by atoms with E-state index in [2.05, 4.69) is 9.88 Å². The van der Waals surface area contributed by atoms with E-state index in [-0.39, 0.29) is 11.7 Å². The van der Waals surface area contributed by atoms with Crippen LogP contribution < -0.4 is 10.5 Å². The third-order valence-electron chi connectivity index (χ3n) is 4.54. The van der Waals surface area contributed by atoms with Crippen LogP contribution in [0.5, 0.6) is 0 Å². The van der Waals surface area contributed by atoms with E-state index in [1.165, 1.54) is 6.07 Å². The maximum Gasteiger partial charge on any atom is 0.351 e. The molecule has 1 saturated heterocycles. The topological polar surface area (TPSA) is 72.6 Å². The zero-order valence-corrected chi connectivity index (χ0v) is 14.9. The minimum absolute atomic E-state index is 0.0767. The van der Waals surface area contributed by atoms with Crippen LogP contribution in [-0.2, 0) is 4.74 Å². The number of thiazole rings is 1. The fourth-order valence-corrected chi connectivity index (χ4v) is 4.07. The number of benzene rings is 2. The summed E-state index contributed by atoms with van der Waals surface area (Å²) in [7, 11) is 0. The second kappa shape index (κ2) is 6.21. The Bertz CT molecular complexity index is 1190. The molecule has 7 heteroatoms. The molecule has 0 spiro atoms. The quantitative estimate of drug-likeness (QED) is 0.402. The lowest BCUT2D eigenvalue weighted by Crippen LogP contribution is -2.53. The smallest absolute Gasteiger partial charge is 0.351 e. The normalized spacial score (nSPS) is 14.4. The van der Waals surface area contributed by atoms with Gasteiger partial charge in [-0.2, -0.15) is 0 Å². The average molecular weight is 378 g/mol. The molecule has 27 heavy (non-hydrogen) atoms. The molecule has 1 fully saturated rings. The number of nitrogens with zero attached hydrogens (tertiary/aromatic N) is 2. The van der Waals surface area contributed by atoms with Crippen molar-refractivity contribution in [3.8, 4) is 0 Å². The van der Waals surface area contributed by atoms with Gasteiger partial charge in [0, 0.05) is 5.39 Å². The molecule has 0 unspecified atom stereocenters. The van der Waals surface area contributed by atoms with Crippen molar-refractivity contribution in [3.05, 3.63) is 70.6 Å². The Morgan fingerprint density at radius 1 is 1.15 bits per heavy atom. The van der Waals surface area contributed by atoms with Crippen molar-refractivity contribution in [2.75, 3.05) is 18.0 Å². The summed E-state index contributed by atoms with van der Waals surface area (Å²) in [4.78, 5) is 31.1. The molecule has 5 rings (SSSR count). The van der Waals surface area contributed by atoms with Gasteiger partial charge in [-0.05, 0) is 24.3 Å². The summed E-state index contributed by atoms with van der Waals surface area (Å²) >= 11 is 1.61. The highest BCUT2D eigenvalue weighted by Gasteiger charge is 2.33. The van der Waals surface area contributed by atoms with Gasteiger partial charge in [-0.15, -0.1) is 0 Å². The summed E-state index contributed by atoms with van der Waals surface area (Å²) in [5.41, 5.74) is 0.657. The van der Waals surface area contributed by atoms with Gasteiger partial charge in [0.15, 0.2) is 5.13 Å². The van der Waals surface area contributed by atoms with Crippen molar-refractivity contribution in [2.45, 2.75) is 6.10 Å². The number of hydrogen-bond donors (Lipinski definition) is 0. The van der Waals surface area contributed by atoms with Crippen molar-refractivity contribution in [1.29, 1.82) is 0 Å². The fourth-order valence-electron chi connectivity index (χ4n) is 3.08. The lowest BCUT2D eigenvalue weighted by molar-refractivity contribution is 0.0230. The van der Waals surface area contributed by atoms with Gasteiger partial charge >= 0.3 is 11.6 Å². The van der Waals surface area contributed by atoms with Gasteiger partial charge in [0.2, 0.25) is 0 Å². The number of carbonyl (C=O) groups is 1. The zero-order chi connectivity index (χ0) is 18.4. The SMILES string of the molecule is O=C(OC1CN(c2nc3ccccc3s2)C1)c1cc2ccccc2oc1=O. The number of anilines is 1. The van der Waals surface area contributed by atoms with E-state index >= 15 is 0 Å². The molecule has 0 N–H and O–H groups in total. The van der Waals surface area contributed by atoms with Crippen molar-refractivity contribution >= 4 is 43.6 Å². The van der Waals surface area contributed by atoms with Crippen LogP contribution in [-0.4, -0.2) is 30.1 Å². The molecule has 0 bridgehead atoms. The molecule has 0 radical (unpaired) electrons. The Hall–Kier alpha value is -3.19. The zero-order valence-electron chi connectivity index (χ0n) is 14.1. The molecule has 0 saturated carbocycles. The van der Waals surface area contributed by atoms with Crippen LogP contribution in [0, 0.1) is 0 Å². The predicted molar refractivity (Wildman–Crippen MR) is 104 cm³/mol. The first kappa shape index (κ1) is 16.0. The van der Waals surface area contributed by atoms with E-state index in [4.69, 9.17) is 9.15 Å². The molecular weight excluding hydrogens is 364 g/mol. The van der Waals surface area contributed by atoms with Gasteiger partial charge in [0.1, 0.15) is 17.3 Å². The first-order chi connectivity index (χ1) is 13.2. The third-order valence-corrected chi connectivity index (χ3v) is 5.63. The van der Waals surface area contributed by atoms with E-state index in [1.807, 2.05) is 30.3 Å². The van der Waals surface area contributed by atoms with E-state index in [9.17, 15) is 9.59 Å². The van der Waals surface area contributed by atoms with Crippen LogP contribution in [0.3, 0.4) is 0 Å². The number of aromatic nitrogens is 1. The summed E-state index contributed by atoms with van der Waals surface area (Å²) in [6.07, 6.45) is -0.268. The van der Waals surface area contributed by atoms with Gasteiger partial charge in [0.05, 0.1) is 23.3 Å². The van der Waals surface area contributed by atoms with Gasteiger partial charge in [-0.25, -0.2) is 14.6 Å². The lowest BCUT2D eigenvalue weighted by Gasteiger charge is -2.38. The second-order valence-electron chi connectivity index (χ2n) is 6.38. The monoisotopic (exact) mass is 378 g/mol. The molecule has 0 amide bonds. The minimum Gasteiger partial charge on any atom is -0.455 e. The third kappa shape index (κ3) is 2.86. The highest BCUT2D eigenvalue weighted by atomic mass is 32.1. The van der Waals surface area contributed by atoms with Crippen molar-refractivity contribution < 1.29 is 13.9 Å². The Morgan fingerprint density at radius 2 is 1.93 bits per heavy atom. The number of carbonyl (C=O) groups excluding carboxylic acids is 1. The minimum atomic E-state index is -0.680. The van der Waals surface area contributed by atoms with Gasteiger partial charge < -0.3 is 14.1 Å². The Labute approximate surface area is 157 Å². The summed E-state index contributed by atoms with van der Waals surface area (Å²) in [6.45, 7) is 1.12. The number of para-hydroxylation sites is 2. The highest BCUT2D eigenvalue weighted by molar-refractivity contribution is 7.22.